The molecular formula is C15H12F2N2O2. The molecule has 0 saturated heterocycles. The van der Waals surface area contributed by atoms with Gasteiger partial charge in [-0.05, 0) is 23.8 Å². The molecule has 0 atom stereocenters. The first kappa shape index (κ1) is 14.6. The van der Waals surface area contributed by atoms with E-state index in [9.17, 15) is 18.4 Å². The number of amides is 2. The molecule has 0 bridgehead atoms. The quantitative estimate of drug-likeness (QED) is 0.906. The molecule has 0 unspecified atom stereocenters. The van der Waals surface area contributed by atoms with Crippen LogP contribution in [0, 0.1) is 11.6 Å². The molecule has 0 spiro atoms. The number of benzene rings is 2. The average molecular weight is 290 g/mol. The minimum absolute atomic E-state index is 0.0477. The summed E-state index contributed by atoms with van der Waals surface area (Å²) in [6, 6.07) is 9.09. The zero-order valence-electron chi connectivity index (χ0n) is 10.9. The van der Waals surface area contributed by atoms with E-state index in [0.717, 1.165) is 12.1 Å². The van der Waals surface area contributed by atoms with Crippen molar-refractivity contribution >= 4 is 17.5 Å². The largest absolute Gasteiger partial charge is 0.369 e. The number of hydrogen-bond acceptors (Lipinski definition) is 2. The monoisotopic (exact) mass is 290 g/mol. The molecule has 0 radical (unpaired) electrons. The van der Waals surface area contributed by atoms with E-state index in [1.807, 2.05) is 0 Å². The molecule has 3 N–H and O–H groups in total. The fourth-order valence-electron chi connectivity index (χ4n) is 1.86. The second-order valence-electron chi connectivity index (χ2n) is 4.41. The molecule has 2 amide bonds. The summed E-state index contributed by atoms with van der Waals surface area (Å²) in [4.78, 5) is 23.0. The molecule has 2 aromatic rings. The van der Waals surface area contributed by atoms with Gasteiger partial charge in [-0.15, -0.1) is 0 Å². The van der Waals surface area contributed by atoms with E-state index in [2.05, 4.69) is 5.32 Å². The molecule has 21 heavy (non-hydrogen) atoms. The van der Waals surface area contributed by atoms with Crippen LogP contribution in [0.3, 0.4) is 0 Å². The Labute approximate surface area is 119 Å². The van der Waals surface area contributed by atoms with E-state index in [4.69, 9.17) is 5.73 Å². The van der Waals surface area contributed by atoms with Crippen LogP contribution in [-0.4, -0.2) is 11.8 Å². The van der Waals surface area contributed by atoms with Crippen molar-refractivity contribution in [3.63, 3.8) is 0 Å². The second-order valence-corrected chi connectivity index (χ2v) is 4.41. The smallest absolute Gasteiger partial charge is 0.255 e. The van der Waals surface area contributed by atoms with Gasteiger partial charge in [0, 0.05) is 17.3 Å². The number of anilines is 1. The zero-order chi connectivity index (χ0) is 15.4. The standard InChI is InChI=1S/C15H12F2N2O2/c16-11-5-10(6-12(17)8-11)15(21)19-13-4-2-1-3-9(13)7-14(18)20/h1-6,8H,7H2,(H2,18,20)(H,19,21). The maximum atomic E-state index is 13.1. The van der Waals surface area contributed by atoms with Crippen molar-refractivity contribution in [3.8, 4) is 0 Å². The van der Waals surface area contributed by atoms with E-state index in [1.54, 1.807) is 24.3 Å². The lowest BCUT2D eigenvalue weighted by molar-refractivity contribution is -0.117. The van der Waals surface area contributed by atoms with Gasteiger partial charge in [0.15, 0.2) is 0 Å². The average Bonchev–Trinajstić information content (AvgIpc) is 2.39. The van der Waals surface area contributed by atoms with Crippen LogP contribution >= 0.6 is 0 Å². The number of nitrogens with two attached hydrogens (primary N) is 1. The highest BCUT2D eigenvalue weighted by Gasteiger charge is 2.12. The summed E-state index contributed by atoms with van der Waals surface area (Å²) in [5.41, 5.74) is 5.86. The number of rotatable bonds is 4. The summed E-state index contributed by atoms with van der Waals surface area (Å²) in [6.45, 7) is 0. The van der Waals surface area contributed by atoms with Gasteiger partial charge < -0.3 is 11.1 Å². The maximum absolute atomic E-state index is 13.1. The number of hydrogen-bond donors (Lipinski definition) is 2. The number of halogens is 2. The number of nitrogens with one attached hydrogen (secondary N) is 1. The summed E-state index contributed by atoms with van der Waals surface area (Å²) in [5, 5.41) is 2.51. The van der Waals surface area contributed by atoms with Gasteiger partial charge in [0.05, 0.1) is 6.42 Å². The normalized spacial score (nSPS) is 10.2. The van der Waals surface area contributed by atoms with Crippen molar-refractivity contribution in [2.75, 3.05) is 5.32 Å². The van der Waals surface area contributed by atoms with Crippen molar-refractivity contribution < 1.29 is 18.4 Å². The third-order valence-corrected chi connectivity index (χ3v) is 2.75. The van der Waals surface area contributed by atoms with Gasteiger partial charge in [-0.2, -0.15) is 0 Å². The number of para-hydroxylation sites is 1. The molecular weight excluding hydrogens is 278 g/mol. The predicted octanol–water partition coefficient (Wildman–Crippen LogP) is 2.24. The Bertz CT molecular complexity index is 682. The van der Waals surface area contributed by atoms with Crippen LogP contribution in [0.2, 0.25) is 0 Å². The summed E-state index contributed by atoms with van der Waals surface area (Å²) in [6.07, 6.45) is -0.0477. The lowest BCUT2D eigenvalue weighted by Gasteiger charge is -2.10. The first-order valence-corrected chi connectivity index (χ1v) is 6.09. The van der Waals surface area contributed by atoms with E-state index < -0.39 is 23.4 Å². The first-order valence-electron chi connectivity index (χ1n) is 6.09. The van der Waals surface area contributed by atoms with Gasteiger partial charge in [0.2, 0.25) is 5.91 Å². The third-order valence-electron chi connectivity index (χ3n) is 2.75. The highest BCUT2D eigenvalue weighted by Crippen LogP contribution is 2.17. The van der Waals surface area contributed by atoms with Crippen molar-refractivity contribution in [3.05, 3.63) is 65.2 Å². The van der Waals surface area contributed by atoms with Crippen molar-refractivity contribution in [2.24, 2.45) is 5.73 Å². The van der Waals surface area contributed by atoms with Crippen molar-refractivity contribution in [1.82, 2.24) is 0 Å². The first-order chi connectivity index (χ1) is 9.95. The summed E-state index contributed by atoms with van der Waals surface area (Å²) in [7, 11) is 0. The zero-order valence-corrected chi connectivity index (χ0v) is 10.9. The molecule has 0 fully saturated rings. The van der Waals surface area contributed by atoms with Gasteiger partial charge in [0.25, 0.3) is 5.91 Å². The van der Waals surface area contributed by atoms with Crippen LogP contribution in [-0.2, 0) is 11.2 Å². The van der Waals surface area contributed by atoms with Gasteiger partial charge in [0.1, 0.15) is 11.6 Å². The number of primary amides is 1. The van der Waals surface area contributed by atoms with Gasteiger partial charge in [-0.25, -0.2) is 8.78 Å². The maximum Gasteiger partial charge on any atom is 0.255 e. The van der Waals surface area contributed by atoms with E-state index >= 15 is 0 Å². The Balaban J connectivity index is 2.25. The Morgan fingerprint density at radius 3 is 2.29 bits per heavy atom. The van der Waals surface area contributed by atoms with Crippen LogP contribution in [0.5, 0.6) is 0 Å². The second kappa shape index (κ2) is 6.13. The molecule has 108 valence electrons. The minimum Gasteiger partial charge on any atom is -0.369 e. The van der Waals surface area contributed by atoms with Crippen molar-refractivity contribution in [2.45, 2.75) is 6.42 Å². The third kappa shape index (κ3) is 3.85. The van der Waals surface area contributed by atoms with Crippen LogP contribution in [0.4, 0.5) is 14.5 Å². The van der Waals surface area contributed by atoms with E-state index in [0.29, 0.717) is 17.3 Å². The predicted molar refractivity (Wildman–Crippen MR) is 73.7 cm³/mol. The van der Waals surface area contributed by atoms with Crippen LogP contribution in [0.1, 0.15) is 15.9 Å². The number of carbonyl (C=O) groups is 2. The molecule has 2 rings (SSSR count). The lowest BCUT2D eigenvalue weighted by Crippen LogP contribution is -2.17. The van der Waals surface area contributed by atoms with Gasteiger partial charge in [-0.3, -0.25) is 9.59 Å². The molecule has 0 aromatic heterocycles. The molecule has 2 aromatic carbocycles. The molecule has 0 aliphatic rings. The molecule has 4 nitrogen and oxygen atoms in total. The molecule has 0 heterocycles. The summed E-state index contributed by atoms with van der Waals surface area (Å²) in [5.74, 6) is -2.91. The van der Waals surface area contributed by atoms with Crippen LogP contribution < -0.4 is 11.1 Å². The molecule has 6 heteroatoms. The topological polar surface area (TPSA) is 72.2 Å². The van der Waals surface area contributed by atoms with Crippen LogP contribution in [0.15, 0.2) is 42.5 Å². The molecule has 0 saturated carbocycles. The number of carbonyl (C=O) groups excluding carboxylic acids is 2. The minimum atomic E-state index is -0.842. The lowest BCUT2D eigenvalue weighted by atomic mass is 10.1. The van der Waals surface area contributed by atoms with Gasteiger partial charge in [-0.1, -0.05) is 18.2 Å². The SMILES string of the molecule is NC(=O)Cc1ccccc1NC(=O)c1cc(F)cc(F)c1. The molecule has 0 aliphatic heterocycles. The summed E-state index contributed by atoms with van der Waals surface area (Å²) >= 11 is 0. The Morgan fingerprint density at radius 2 is 1.67 bits per heavy atom. The molecule has 0 aliphatic carbocycles. The Morgan fingerprint density at radius 1 is 1.05 bits per heavy atom. The Hall–Kier alpha value is -2.76. The van der Waals surface area contributed by atoms with Crippen molar-refractivity contribution in [1.29, 1.82) is 0 Å². The highest BCUT2D eigenvalue weighted by atomic mass is 19.1. The van der Waals surface area contributed by atoms with E-state index in [1.165, 1.54) is 0 Å². The van der Waals surface area contributed by atoms with Gasteiger partial charge >= 0.3 is 0 Å². The fourth-order valence-corrected chi connectivity index (χ4v) is 1.86. The van der Waals surface area contributed by atoms with E-state index in [-0.39, 0.29) is 12.0 Å². The summed E-state index contributed by atoms with van der Waals surface area (Å²) < 4.78 is 26.2. The fraction of sp³-hybridized carbons (Fsp3) is 0.0667. The highest BCUT2D eigenvalue weighted by molar-refractivity contribution is 6.04. The Kier molecular flexibility index (Phi) is 4.27. The van der Waals surface area contributed by atoms with Crippen LogP contribution in [0.25, 0.3) is 0 Å².